The monoisotopic (exact) mass is 261 g/mol. The van der Waals surface area contributed by atoms with Crippen molar-refractivity contribution >= 4 is 10.0 Å². The summed E-state index contributed by atoms with van der Waals surface area (Å²) < 4.78 is 26.6. The van der Waals surface area contributed by atoms with E-state index in [9.17, 15) is 8.42 Å². The minimum atomic E-state index is -3.11. The van der Waals surface area contributed by atoms with Crippen molar-refractivity contribution in [2.24, 2.45) is 0 Å². The van der Waals surface area contributed by atoms with Gasteiger partial charge >= 0.3 is 0 Å². The van der Waals surface area contributed by atoms with Crippen molar-refractivity contribution in [3.8, 4) is 0 Å². The van der Waals surface area contributed by atoms with Gasteiger partial charge in [-0.2, -0.15) is 4.31 Å². The Balaban J connectivity index is 2.11. The van der Waals surface area contributed by atoms with Crippen LogP contribution in [-0.2, 0) is 10.0 Å². The van der Waals surface area contributed by atoms with E-state index in [0.29, 0.717) is 31.7 Å². The molecular formula is C11H23N3O2S. The Labute approximate surface area is 104 Å². The fraction of sp³-hybridized carbons (Fsp3) is 1.00. The Bertz CT molecular complexity index is 353. The van der Waals surface area contributed by atoms with Gasteiger partial charge in [-0.15, -0.1) is 0 Å². The summed E-state index contributed by atoms with van der Waals surface area (Å²) in [6, 6.07) is 0.589. The van der Waals surface area contributed by atoms with Crippen LogP contribution in [0.2, 0.25) is 0 Å². The number of rotatable bonds is 2. The van der Waals surface area contributed by atoms with Gasteiger partial charge < -0.3 is 5.32 Å². The van der Waals surface area contributed by atoms with Gasteiger partial charge in [0, 0.05) is 31.7 Å². The first-order valence-corrected chi connectivity index (χ1v) is 7.85. The number of nitrogens with one attached hydrogen (secondary N) is 1. The summed E-state index contributed by atoms with van der Waals surface area (Å²) in [5.74, 6) is 0. The van der Waals surface area contributed by atoms with Gasteiger partial charge in [0.15, 0.2) is 0 Å². The number of hydrogen-bond donors (Lipinski definition) is 1. The van der Waals surface area contributed by atoms with E-state index in [-0.39, 0.29) is 5.25 Å². The maximum absolute atomic E-state index is 12.5. The summed E-state index contributed by atoms with van der Waals surface area (Å²) in [5, 5.41) is 2.92. The minimum absolute atomic E-state index is 0.217. The van der Waals surface area contributed by atoms with E-state index in [1.807, 2.05) is 0 Å². The predicted molar refractivity (Wildman–Crippen MR) is 68.5 cm³/mol. The van der Waals surface area contributed by atoms with Crippen LogP contribution in [0.3, 0.4) is 0 Å². The van der Waals surface area contributed by atoms with Crippen molar-refractivity contribution in [1.82, 2.24) is 14.5 Å². The van der Waals surface area contributed by atoms with Crippen molar-refractivity contribution in [3.63, 3.8) is 0 Å². The molecule has 2 aliphatic heterocycles. The van der Waals surface area contributed by atoms with Gasteiger partial charge in [-0.25, -0.2) is 8.42 Å². The standard InChI is InChI=1S/C11H23N3O2S/c1-9-7-14(8-10(2)13(9)3)17(15,16)11-4-5-12-6-11/h9-12H,4-8H2,1-3H3. The second kappa shape index (κ2) is 4.84. The molecule has 3 atom stereocenters. The molecule has 0 aliphatic carbocycles. The van der Waals surface area contributed by atoms with Crippen LogP contribution in [0.4, 0.5) is 0 Å². The first kappa shape index (κ1) is 13.3. The Hall–Kier alpha value is -0.170. The quantitative estimate of drug-likeness (QED) is 0.742. The zero-order chi connectivity index (χ0) is 12.6. The van der Waals surface area contributed by atoms with Crippen LogP contribution < -0.4 is 5.32 Å². The van der Waals surface area contributed by atoms with Crippen LogP contribution in [0.1, 0.15) is 20.3 Å². The molecule has 0 spiro atoms. The first-order chi connectivity index (χ1) is 7.93. The van der Waals surface area contributed by atoms with Crippen LogP contribution >= 0.6 is 0 Å². The summed E-state index contributed by atoms with van der Waals surface area (Å²) in [6.07, 6.45) is 0.747. The fourth-order valence-electron chi connectivity index (χ4n) is 2.66. The first-order valence-electron chi connectivity index (χ1n) is 6.34. The van der Waals surface area contributed by atoms with Crippen molar-refractivity contribution < 1.29 is 8.42 Å². The molecule has 2 aliphatic rings. The normalized spacial score (nSPS) is 37.5. The van der Waals surface area contributed by atoms with Gasteiger partial charge in [0.05, 0.1) is 5.25 Å². The van der Waals surface area contributed by atoms with Gasteiger partial charge in [-0.3, -0.25) is 4.90 Å². The average Bonchev–Trinajstić information content (AvgIpc) is 2.79. The molecule has 2 saturated heterocycles. The molecule has 2 heterocycles. The van der Waals surface area contributed by atoms with Crippen molar-refractivity contribution in [1.29, 1.82) is 0 Å². The van der Waals surface area contributed by atoms with Gasteiger partial charge in [0.1, 0.15) is 0 Å². The van der Waals surface area contributed by atoms with Gasteiger partial charge in [-0.1, -0.05) is 0 Å². The molecule has 0 bridgehead atoms. The molecule has 0 radical (unpaired) electrons. The third-order valence-electron chi connectivity index (χ3n) is 4.12. The largest absolute Gasteiger partial charge is 0.315 e. The van der Waals surface area contributed by atoms with E-state index < -0.39 is 10.0 Å². The van der Waals surface area contributed by atoms with Crippen LogP contribution in [0.5, 0.6) is 0 Å². The van der Waals surface area contributed by atoms with E-state index in [1.165, 1.54) is 0 Å². The number of sulfonamides is 1. The molecule has 0 aromatic rings. The Morgan fingerprint density at radius 2 is 1.76 bits per heavy atom. The summed E-state index contributed by atoms with van der Waals surface area (Å²) in [5.41, 5.74) is 0. The highest BCUT2D eigenvalue weighted by Gasteiger charge is 2.38. The molecule has 100 valence electrons. The van der Waals surface area contributed by atoms with Crippen LogP contribution in [-0.4, -0.2) is 68.2 Å². The molecule has 1 N–H and O–H groups in total. The summed E-state index contributed by atoms with van der Waals surface area (Å²) in [7, 11) is -1.04. The van der Waals surface area contributed by atoms with Crippen molar-refractivity contribution in [3.05, 3.63) is 0 Å². The molecule has 0 amide bonds. The second-order valence-corrected chi connectivity index (χ2v) is 7.55. The molecule has 2 rings (SSSR count). The summed E-state index contributed by atoms with van der Waals surface area (Å²) in [6.45, 7) is 6.86. The van der Waals surface area contributed by atoms with Gasteiger partial charge in [-0.05, 0) is 33.9 Å². The highest BCUT2D eigenvalue weighted by atomic mass is 32.2. The van der Waals surface area contributed by atoms with Crippen molar-refractivity contribution in [2.75, 3.05) is 33.2 Å². The van der Waals surface area contributed by atoms with Crippen LogP contribution in [0.15, 0.2) is 0 Å². The summed E-state index contributed by atoms with van der Waals surface area (Å²) >= 11 is 0. The number of likely N-dealkylation sites (N-methyl/N-ethyl adjacent to an activating group) is 1. The third-order valence-corrected chi connectivity index (χ3v) is 6.39. The minimum Gasteiger partial charge on any atom is -0.315 e. The van der Waals surface area contributed by atoms with E-state index in [1.54, 1.807) is 4.31 Å². The van der Waals surface area contributed by atoms with E-state index >= 15 is 0 Å². The number of nitrogens with zero attached hydrogens (tertiary/aromatic N) is 2. The third kappa shape index (κ3) is 2.50. The molecule has 0 aromatic heterocycles. The molecule has 0 saturated carbocycles. The smallest absolute Gasteiger partial charge is 0.218 e. The molecule has 2 fully saturated rings. The fourth-order valence-corrected chi connectivity index (χ4v) is 4.67. The Morgan fingerprint density at radius 3 is 2.24 bits per heavy atom. The number of piperazine rings is 1. The Kier molecular flexibility index (Phi) is 3.77. The zero-order valence-electron chi connectivity index (χ0n) is 10.9. The molecule has 0 aromatic carbocycles. The average molecular weight is 261 g/mol. The maximum atomic E-state index is 12.5. The van der Waals surface area contributed by atoms with Gasteiger partial charge in [0.2, 0.25) is 10.0 Å². The molecule has 5 nitrogen and oxygen atoms in total. The SMILES string of the molecule is CC1CN(S(=O)(=O)C2CCNC2)CC(C)N1C. The maximum Gasteiger partial charge on any atom is 0.218 e. The highest BCUT2D eigenvalue weighted by Crippen LogP contribution is 2.21. The molecule has 17 heavy (non-hydrogen) atoms. The van der Waals surface area contributed by atoms with Crippen LogP contribution in [0.25, 0.3) is 0 Å². The number of hydrogen-bond acceptors (Lipinski definition) is 4. The lowest BCUT2D eigenvalue weighted by Gasteiger charge is -2.42. The topological polar surface area (TPSA) is 52.7 Å². The lowest BCUT2D eigenvalue weighted by molar-refractivity contribution is 0.105. The molecular weight excluding hydrogens is 238 g/mol. The highest BCUT2D eigenvalue weighted by molar-refractivity contribution is 7.89. The van der Waals surface area contributed by atoms with E-state index in [0.717, 1.165) is 13.0 Å². The molecule has 3 unspecified atom stereocenters. The van der Waals surface area contributed by atoms with Gasteiger partial charge in [0.25, 0.3) is 0 Å². The predicted octanol–water partition coefficient (Wildman–Crippen LogP) is -0.297. The lowest BCUT2D eigenvalue weighted by Crippen LogP contribution is -2.57. The van der Waals surface area contributed by atoms with Crippen LogP contribution in [0, 0.1) is 0 Å². The van der Waals surface area contributed by atoms with E-state index in [4.69, 9.17) is 0 Å². The second-order valence-electron chi connectivity index (χ2n) is 5.34. The van der Waals surface area contributed by atoms with Crippen molar-refractivity contribution in [2.45, 2.75) is 37.6 Å². The lowest BCUT2D eigenvalue weighted by atomic mass is 10.1. The summed E-state index contributed by atoms with van der Waals surface area (Å²) in [4.78, 5) is 2.25. The van der Waals surface area contributed by atoms with E-state index in [2.05, 4.69) is 31.1 Å². The Morgan fingerprint density at radius 1 is 1.18 bits per heavy atom. The molecule has 6 heteroatoms. The zero-order valence-corrected chi connectivity index (χ0v) is 11.7.